The van der Waals surface area contributed by atoms with E-state index < -0.39 is 0 Å². The first-order valence-corrected chi connectivity index (χ1v) is 19.6. The molecule has 0 N–H and O–H groups in total. The summed E-state index contributed by atoms with van der Waals surface area (Å²) in [5.41, 5.74) is 11.6. The average Bonchev–Trinajstić information content (AvgIpc) is 3.81. The summed E-state index contributed by atoms with van der Waals surface area (Å²) < 4.78 is 5.00. The first kappa shape index (κ1) is 31.6. The standard InChI is InChI=1S/C52H34N2S/c1-2-16-36(17-3-1)40-32-31-39(38-30-29-35-15-4-5-18-37(35)33-38)34-50(40)54(49-27-14-22-44-43-21-8-13-28-51(43)55-52(44)49)48-26-12-11-25-47(48)53-45-23-9-6-19-41(45)42-20-7-10-24-46(42)53/h1-34H. The van der Waals surface area contributed by atoms with Crippen LogP contribution in [0.2, 0.25) is 0 Å². The Morgan fingerprint density at radius 3 is 1.78 bits per heavy atom. The summed E-state index contributed by atoms with van der Waals surface area (Å²) in [6.07, 6.45) is 0. The van der Waals surface area contributed by atoms with Crippen LogP contribution in [0.5, 0.6) is 0 Å². The Bertz CT molecular complexity index is 3170. The summed E-state index contributed by atoms with van der Waals surface area (Å²) >= 11 is 1.87. The van der Waals surface area contributed by atoms with Crippen LogP contribution in [0.1, 0.15) is 0 Å². The highest BCUT2D eigenvalue weighted by atomic mass is 32.1. The molecule has 55 heavy (non-hydrogen) atoms. The molecule has 0 amide bonds. The fourth-order valence-corrected chi connectivity index (χ4v) is 9.66. The highest BCUT2D eigenvalue weighted by Crippen LogP contribution is 2.50. The normalized spacial score (nSPS) is 11.6. The van der Waals surface area contributed by atoms with Crippen molar-refractivity contribution in [3.63, 3.8) is 0 Å². The lowest BCUT2D eigenvalue weighted by Gasteiger charge is -2.31. The van der Waals surface area contributed by atoms with Crippen LogP contribution >= 0.6 is 11.3 Å². The highest BCUT2D eigenvalue weighted by Gasteiger charge is 2.25. The van der Waals surface area contributed by atoms with E-state index in [0.717, 1.165) is 22.7 Å². The molecule has 0 bridgehead atoms. The van der Waals surface area contributed by atoms with Gasteiger partial charge in [0.25, 0.3) is 0 Å². The largest absolute Gasteiger partial charge is 0.307 e. The Morgan fingerprint density at radius 1 is 0.364 bits per heavy atom. The molecule has 0 unspecified atom stereocenters. The third-order valence-corrected chi connectivity index (χ3v) is 12.2. The van der Waals surface area contributed by atoms with Crippen molar-refractivity contribution in [1.82, 2.24) is 4.57 Å². The SMILES string of the molecule is c1ccc(-c2ccc(-c3ccc4ccccc4c3)cc2N(c2ccccc2-n2c3ccccc3c3ccccc32)c2cccc3c2sc2ccccc23)cc1. The van der Waals surface area contributed by atoms with Gasteiger partial charge in [-0.05, 0) is 76.0 Å². The number of anilines is 3. The smallest absolute Gasteiger partial charge is 0.0703 e. The van der Waals surface area contributed by atoms with Crippen molar-refractivity contribution in [2.75, 3.05) is 4.90 Å². The molecule has 258 valence electrons. The number of hydrogen-bond donors (Lipinski definition) is 0. The minimum atomic E-state index is 1.10. The molecule has 0 fully saturated rings. The lowest BCUT2D eigenvalue weighted by molar-refractivity contribution is 1.15. The van der Waals surface area contributed by atoms with Crippen LogP contribution in [0.25, 0.3) is 80.7 Å². The highest BCUT2D eigenvalue weighted by molar-refractivity contribution is 7.26. The van der Waals surface area contributed by atoms with Crippen LogP contribution in [0.3, 0.4) is 0 Å². The third kappa shape index (κ3) is 5.16. The molecule has 11 aromatic rings. The summed E-state index contributed by atoms with van der Waals surface area (Å²) in [6, 6.07) is 75.4. The fraction of sp³-hybridized carbons (Fsp3) is 0. The number of benzene rings is 9. The van der Waals surface area contributed by atoms with Gasteiger partial charge in [-0.1, -0.05) is 158 Å². The number of aromatic nitrogens is 1. The van der Waals surface area contributed by atoms with E-state index in [1.165, 1.54) is 75.0 Å². The molecule has 0 saturated heterocycles. The van der Waals surface area contributed by atoms with E-state index in [1.54, 1.807) is 0 Å². The minimum absolute atomic E-state index is 1.10. The van der Waals surface area contributed by atoms with Gasteiger partial charge < -0.3 is 9.47 Å². The molecule has 0 aliphatic rings. The van der Waals surface area contributed by atoms with Gasteiger partial charge in [-0.25, -0.2) is 0 Å². The van der Waals surface area contributed by atoms with E-state index in [0.29, 0.717) is 0 Å². The molecule has 2 aromatic heterocycles. The van der Waals surface area contributed by atoms with Crippen molar-refractivity contribution in [1.29, 1.82) is 0 Å². The van der Waals surface area contributed by atoms with Gasteiger partial charge in [0.1, 0.15) is 0 Å². The predicted molar refractivity (Wildman–Crippen MR) is 237 cm³/mol. The molecule has 3 heteroatoms. The topological polar surface area (TPSA) is 8.17 Å². The second kappa shape index (κ2) is 12.9. The Balaban J connectivity index is 1.26. The molecule has 0 spiro atoms. The maximum atomic E-state index is 2.53. The summed E-state index contributed by atoms with van der Waals surface area (Å²) in [4.78, 5) is 2.53. The van der Waals surface area contributed by atoms with Crippen molar-refractivity contribution < 1.29 is 0 Å². The van der Waals surface area contributed by atoms with Crippen molar-refractivity contribution in [2.24, 2.45) is 0 Å². The van der Waals surface area contributed by atoms with E-state index in [1.807, 2.05) is 11.3 Å². The monoisotopic (exact) mass is 718 g/mol. The van der Waals surface area contributed by atoms with Crippen LogP contribution in [-0.4, -0.2) is 4.57 Å². The van der Waals surface area contributed by atoms with E-state index in [2.05, 4.69) is 216 Å². The summed E-state index contributed by atoms with van der Waals surface area (Å²) in [5.74, 6) is 0. The third-order valence-electron chi connectivity index (χ3n) is 11.0. The Labute approximate surface area is 323 Å². The lowest BCUT2D eigenvalue weighted by atomic mass is 9.95. The first-order chi connectivity index (χ1) is 27.3. The zero-order chi connectivity index (χ0) is 36.3. The summed E-state index contributed by atoms with van der Waals surface area (Å²) in [5, 5.41) is 7.52. The van der Waals surface area contributed by atoms with Crippen molar-refractivity contribution in [3.05, 3.63) is 206 Å². The molecule has 9 aromatic carbocycles. The number of hydrogen-bond acceptors (Lipinski definition) is 2. The zero-order valence-corrected chi connectivity index (χ0v) is 30.7. The molecule has 0 aliphatic heterocycles. The number of para-hydroxylation sites is 4. The van der Waals surface area contributed by atoms with Crippen LogP contribution in [0, 0.1) is 0 Å². The zero-order valence-electron chi connectivity index (χ0n) is 29.9. The lowest BCUT2D eigenvalue weighted by Crippen LogP contribution is -2.14. The second-order valence-corrected chi connectivity index (χ2v) is 15.2. The maximum Gasteiger partial charge on any atom is 0.0703 e. The van der Waals surface area contributed by atoms with E-state index >= 15 is 0 Å². The molecule has 11 rings (SSSR count). The van der Waals surface area contributed by atoms with E-state index in [-0.39, 0.29) is 0 Å². The van der Waals surface area contributed by atoms with Crippen molar-refractivity contribution >= 4 is 81.1 Å². The van der Waals surface area contributed by atoms with Gasteiger partial charge in [-0.3, -0.25) is 0 Å². The molecule has 0 aliphatic carbocycles. The van der Waals surface area contributed by atoms with E-state index in [9.17, 15) is 0 Å². The number of nitrogens with zero attached hydrogens (tertiary/aromatic N) is 2. The number of rotatable bonds is 6. The van der Waals surface area contributed by atoms with E-state index in [4.69, 9.17) is 0 Å². The molecular formula is C52H34N2S. The minimum Gasteiger partial charge on any atom is -0.307 e. The molecule has 2 heterocycles. The fourth-order valence-electron chi connectivity index (χ4n) is 8.45. The number of fused-ring (bicyclic) bond motifs is 7. The second-order valence-electron chi connectivity index (χ2n) is 14.1. The van der Waals surface area contributed by atoms with Gasteiger partial charge in [-0.2, -0.15) is 0 Å². The summed E-state index contributed by atoms with van der Waals surface area (Å²) in [7, 11) is 0. The van der Waals surface area contributed by atoms with Crippen LogP contribution in [0.4, 0.5) is 17.1 Å². The average molecular weight is 719 g/mol. The molecule has 0 radical (unpaired) electrons. The molecule has 2 nitrogen and oxygen atoms in total. The first-order valence-electron chi connectivity index (χ1n) is 18.8. The van der Waals surface area contributed by atoms with Crippen LogP contribution in [-0.2, 0) is 0 Å². The predicted octanol–water partition coefficient (Wildman–Crippen LogP) is 15.1. The Hall–Kier alpha value is -6.94. The number of thiophene rings is 1. The van der Waals surface area contributed by atoms with Crippen LogP contribution < -0.4 is 4.90 Å². The molecular weight excluding hydrogens is 685 g/mol. The summed E-state index contributed by atoms with van der Waals surface area (Å²) in [6.45, 7) is 0. The van der Waals surface area contributed by atoms with Gasteiger partial charge >= 0.3 is 0 Å². The molecule has 0 atom stereocenters. The van der Waals surface area contributed by atoms with Gasteiger partial charge in [0.05, 0.1) is 38.5 Å². The Morgan fingerprint density at radius 2 is 0.964 bits per heavy atom. The quantitative estimate of drug-likeness (QED) is 0.166. The van der Waals surface area contributed by atoms with Crippen molar-refractivity contribution in [2.45, 2.75) is 0 Å². The van der Waals surface area contributed by atoms with Gasteiger partial charge in [0.15, 0.2) is 0 Å². The van der Waals surface area contributed by atoms with Gasteiger partial charge in [0, 0.05) is 31.8 Å². The maximum absolute atomic E-state index is 2.53. The van der Waals surface area contributed by atoms with Crippen LogP contribution in [0.15, 0.2) is 206 Å². The molecule has 0 saturated carbocycles. The van der Waals surface area contributed by atoms with Gasteiger partial charge in [0.2, 0.25) is 0 Å². The Kier molecular flexibility index (Phi) is 7.39. The van der Waals surface area contributed by atoms with Gasteiger partial charge in [-0.15, -0.1) is 11.3 Å². The van der Waals surface area contributed by atoms with Crippen molar-refractivity contribution in [3.8, 4) is 27.9 Å².